The fraction of sp³-hybridized carbons (Fsp3) is 0.333. The molecule has 15 heteroatoms. The summed E-state index contributed by atoms with van der Waals surface area (Å²) in [6.07, 6.45) is -11.1. The molecule has 1 fully saturated rings. The van der Waals surface area contributed by atoms with Gasteiger partial charge < -0.3 is 9.64 Å². The van der Waals surface area contributed by atoms with E-state index in [0.717, 1.165) is 9.87 Å². The second-order valence-electron chi connectivity index (χ2n) is 7.66. The van der Waals surface area contributed by atoms with Gasteiger partial charge in [-0.05, 0) is 23.8 Å². The SMILES string of the molecule is O=C(NS(=O)(=O)N1CCN(C(=O)OCc2ccccc2)CC1)c1cc(C(F)(F)F)cc(C(F)(F)F)c1. The Morgan fingerprint density at radius 3 is 1.89 bits per heavy atom. The minimum atomic E-state index is -5.21. The van der Waals surface area contributed by atoms with E-state index in [-0.39, 0.29) is 51.0 Å². The monoisotopic (exact) mass is 539 g/mol. The smallest absolute Gasteiger partial charge is 0.416 e. The Bertz CT molecular complexity index is 1180. The average Bonchev–Trinajstić information content (AvgIpc) is 2.81. The first-order chi connectivity index (χ1) is 16.7. The van der Waals surface area contributed by atoms with Crippen molar-refractivity contribution in [3.63, 3.8) is 0 Å². The molecule has 0 spiro atoms. The fourth-order valence-electron chi connectivity index (χ4n) is 3.25. The number of nitrogens with one attached hydrogen (secondary N) is 1. The molecule has 0 aromatic heterocycles. The molecule has 0 radical (unpaired) electrons. The van der Waals surface area contributed by atoms with Crippen LogP contribution in [-0.2, 0) is 33.9 Å². The maximum atomic E-state index is 13.0. The predicted octanol–water partition coefficient (Wildman–Crippen LogP) is 3.65. The molecule has 36 heavy (non-hydrogen) atoms. The lowest BCUT2D eigenvalue weighted by Crippen LogP contribution is -2.54. The highest BCUT2D eigenvalue weighted by atomic mass is 32.2. The van der Waals surface area contributed by atoms with Crippen LogP contribution in [0.5, 0.6) is 0 Å². The zero-order valence-corrected chi connectivity index (χ0v) is 19.1. The van der Waals surface area contributed by atoms with Crippen molar-refractivity contribution >= 4 is 22.2 Å². The van der Waals surface area contributed by atoms with Gasteiger partial charge in [-0.3, -0.25) is 4.79 Å². The molecule has 0 unspecified atom stereocenters. The number of hydrogen-bond acceptors (Lipinski definition) is 5. The lowest BCUT2D eigenvalue weighted by molar-refractivity contribution is -0.143. The number of amides is 2. The van der Waals surface area contributed by atoms with E-state index in [9.17, 15) is 44.3 Å². The predicted molar refractivity (Wildman–Crippen MR) is 113 cm³/mol. The van der Waals surface area contributed by atoms with Crippen molar-refractivity contribution in [2.24, 2.45) is 0 Å². The number of carbonyl (C=O) groups excluding carboxylic acids is 2. The van der Waals surface area contributed by atoms with Gasteiger partial charge in [-0.15, -0.1) is 0 Å². The minimum absolute atomic E-state index is 0.00878. The molecule has 3 rings (SSSR count). The van der Waals surface area contributed by atoms with Crippen LogP contribution >= 0.6 is 0 Å². The number of hydrogen-bond donors (Lipinski definition) is 1. The molecule has 2 aromatic carbocycles. The third kappa shape index (κ3) is 6.87. The number of benzene rings is 2. The molecule has 0 atom stereocenters. The second-order valence-corrected chi connectivity index (χ2v) is 9.33. The van der Waals surface area contributed by atoms with E-state index in [0.29, 0.717) is 0 Å². The number of nitrogens with zero attached hydrogens (tertiary/aromatic N) is 2. The Kier molecular flexibility index (Phi) is 7.83. The molecule has 0 saturated carbocycles. The molecule has 1 aliphatic rings. The summed E-state index contributed by atoms with van der Waals surface area (Å²) in [5.74, 6) is -1.67. The van der Waals surface area contributed by atoms with Gasteiger partial charge in [-0.25, -0.2) is 9.52 Å². The van der Waals surface area contributed by atoms with E-state index >= 15 is 0 Å². The van der Waals surface area contributed by atoms with Crippen molar-refractivity contribution in [2.45, 2.75) is 19.0 Å². The minimum Gasteiger partial charge on any atom is -0.445 e. The van der Waals surface area contributed by atoms with E-state index in [4.69, 9.17) is 4.74 Å². The zero-order chi connectivity index (χ0) is 26.7. The molecule has 1 aliphatic heterocycles. The van der Waals surface area contributed by atoms with Crippen LogP contribution in [0.2, 0.25) is 0 Å². The molecular weight excluding hydrogens is 520 g/mol. The third-order valence-electron chi connectivity index (χ3n) is 5.11. The maximum absolute atomic E-state index is 13.0. The van der Waals surface area contributed by atoms with Crippen LogP contribution in [0.3, 0.4) is 0 Å². The van der Waals surface area contributed by atoms with Gasteiger partial charge >= 0.3 is 28.7 Å². The Morgan fingerprint density at radius 2 is 1.39 bits per heavy atom. The average molecular weight is 539 g/mol. The summed E-state index contributed by atoms with van der Waals surface area (Å²) in [4.78, 5) is 25.7. The quantitative estimate of drug-likeness (QED) is 0.586. The third-order valence-corrected chi connectivity index (χ3v) is 6.60. The van der Waals surface area contributed by atoms with Crippen LogP contribution in [0.4, 0.5) is 31.1 Å². The van der Waals surface area contributed by atoms with E-state index in [1.807, 2.05) is 0 Å². The highest BCUT2D eigenvalue weighted by Gasteiger charge is 2.38. The van der Waals surface area contributed by atoms with Crippen LogP contribution in [0, 0.1) is 0 Å². The van der Waals surface area contributed by atoms with Crippen LogP contribution < -0.4 is 4.72 Å². The summed E-state index contributed by atoms with van der Waals surface area (Å²) in [6, 6.07) is 8.84. The fourth-order valence-corrected chi connectivity index (χ4v) is 4.37. The Balaban J connectivity index is 1.64. The first-order valence-electron chi connectivity index (χ1n) is 10.2. The summed E-state index contributed by atoms with van der Waals surface area (Å²) in [6.45, 7) is -0.834. The summed E-state index contributed by atoms with van der Waals surface area (Å²) < 4.78 is 111. The normalized spacial score (nSPS) is 15.4. The standard InChI is InChI=1S/C21H19F6N3O5S/c22-20(23,24)16-10-15(11-17(12-16)21(25,26)27)18(31)28-36(33,34)30-8-6-29(7-9-30)19(32)35-13-14-4-2-1-3-5-14/h1-5,10-12H,6-9,13H2,(H,28,31). The van der Waals surface area contributed by atoms with Crippen LogP contribution in [-0.4, -0.2) is 55.8 Å². The first kappa shape index (κ1) is 27.3. The van der Waals surface area contributed by atoms with Gasteiger partial charge in [0, 0.05) is 31.7 Å². The first-order valence-corrected chi connectivity index (χ1v) is 11.7. The Labute approximate surface area is 201 Å². The van der Waals surface area contributed by atoms with Crippen molar-refractivity contribution in [1.29, 1.82) is 0 Å². The molecule has 1 saturated heterocycles. The number of ether oxygens (including phenoxy) is 1. The molecule has 196 valence electrons. The van der Waals surface area contributed by atoms with Gasteiger partial charge in [0.25, 0.3) is 5.91 Å². The Morgan fingerprint density at radius 1 is 0.861 bits per heavy atom. The van der Waals surface area contributed by atoms with E-state index in [1.54, 1.807) is 30.3 Å². The molecule has 0 aliphatic carbocycles. The summed E-state index contributed by atoms with van der Waals surface area (Å²) >= 11 is 0. The van der Waals surface area contributed by atoms with Gasteiger partial charge in [0.2, 0.25) is 0 Å². The van der Waals surface area contributed by atoms with E-state index < -0.39 is 51.3 Å². The molecule has 0 bridgehead atoms. The summed E-state index contributed by atoms with van der Waals surface area (Å²) in [5, 5.41) is 0. The van der Waals surface area contributed by atoms with Crippen LogP contribution in [0.25, 0.3) is 0 Å². The van der Waals surface area contributed by atoms with Crippen LogP contribution in [0.1, 0.15) is 27.0 Å². The molecule has 8 nitrogen and oxygen atoms in total. The van der Waals surface area contributed by atoms with Crippen molar-refractivity contribution in [2.75, 3.05) is 26.2 Å². The van der Waals surface area contributed by atoms with Crippen molar-refractivity contribution in [1.82, 2.24) is 13.9 Å². The zero-order valence-electron chi connectivity index (χ0n) is 18.3. The summed E-state index contributed by atoms with van der Waals surface area (Å²) in [5.41, 5.74) is -3.92. The number of alkyl halides is 6. The number of rotatable bonds is 5. The highest BCUT2D eigenvalue weighted by molar-refractivity contribution is 7.87. The van der Waals surface area contributed by atoms with Gasteiger partial charge in [0.1, 0.15) is 6.61 Å². The lowest BCUT2D eigenvalue weighted by Gasteiger charge is -2.33. The topological polar surface area (TPSA) is 96.0 Å². The van der Waals surface area contributed by atoms with E-state index in [1.165, 1.54) is 9.62 Å². The molecule has 1 heterocycles. The van der Waals surface area contributed by atoms with Crippen molar-refractivity contribution in [3.05, 3.63) is 70.8 Å². The van der Waals surface area contributed by atoms with Gasteiger partial charge in [0.05, 0.1) is 11.1 Å². The van der Waals surface area contributed by atoms with Crippen molar-refractivity contribution in [3.8, 4) is 0 Å². The molecular formula is C21H19F6N3O5S. The second kappa shape index (κ2) is 10.3. The van der Waals surface area contributed by atoms with E-state index in [2.05, 4.69) is 0 Å². The van der Waals surface area contributed by atoms with Gasteiger partial charge in [0.15, 0.2) is 0 Å². The number of piperazine rings is 1. The Hall–Kier alpha value is -3.33. The summed E-state index contributed by atoms with van der Waals surface area (Å²) in [7, 11) is -4.64. The molecule has 1 N–H and O–H groups in total. The van der Waals surface area contributed by atoms with Crippen LogP contribution in [0.15, 0.2) is 48.5 Å². The molecule has 2 aromatic rings. The number of halogens is 6. The molecule has 2 amide bonds. The van der Waals surface area contributed by atoms with Crippen molar-refractivity contribution < 1.29 is 49.1 Å². The van der Waals surface area contributed by atoms with Gasteiger partial charge in [-0.2, -0.15) is 39.1 Å². The maximum Gasteiger partial charge on any atom is 0.416 e. The number of carbonyl (C=O) groups is 2. The highest BCUT2D eigenvalue weighted by Crippen LogP contribution is 2.36. The largest absolute Gasteiger partial charge is 0.445 e. The lowest BCUT2D eigenvalue weighted by atomic mass is 10.0. The van der Waals surface area contributed by atoms with Gasteiger partial charge in [-0.1, -0.05) is 30.3 Å².